The molecule has 0 spiro atoms. The average molecular weight is 244 g/mol. The van der Waals surface area contributed by atoms with E-state index in [0.717, 1.165) is 23.8 Å². The van der Waals surface area contributed by atoms with Gasteiger partial charge in [-0.15, -0.1) is 0 Å². The zero-order valence-corrected chi connectivity index (χ0v) is 11.1. The fourth-order valence-electron chi connectivity index (χ4n) is 1.39. The highest BCUT2D eigenvalue weighted by Gasteiger charge is 1.88. The molecule has 4 heteroatoms. The summed E-state index contributed by atoms with van der Waals surface area (Å²) in [5, 5.41) is 3.14. The lowest BCUT2D eigenvalue weighted by atomic mass is 10.4. The van der Waals surface area contributed by atoms with Crippen molar-refractivity contribution in [1.82, 2.24) is 9.97 Å². The molecule has 0 fully saturated rings. The summed E-state index contributed by atoms with van der Waals surface area (Å²) in [6.45, 7) is 6.89. The molecule has 3 N–H and O–H groups in total. The van der Waals surface area contributed by atoms with E-state index in [1.807, 2.05) is 44.2 Å². The molecule has 0 atom stereocenters. The Hall–Kier alpha value is -2.10. The summed E-state index contributed by atoms with van der Waals surface area (Å²) in [7, 11) is 0. The van der Waals surface area contributed by atoms with Crippen molar-refractivity contribution in [2.24, 2.45) is 0 Å². The quantitative estimate of drug-likeness (QED) is 0.852. The number of rotatable bonds is 2. The molecule has 0 saturated carbocycles. The molecule has 2 rings (SSSR count). The van der Waals surface area contributed by atoms with E-state index in [2.05, 4.69) is 22.2 Å². The zero-order chi connectivity index (χ0) is 13.4. The molecule has 2 aromatic rings. The molecule has 0 aliphatic heterocycles. The lowest BCUT2D eigenvalue weighted by Gasteiger charge is -2.00. The highest BCUT2D eigenvalue weighted by atomic mass is 15.0. The molecule has 0 bridgehead atoms. The molecule has 0 aliphatic carbocycles. The first-order valence-electron chi connectivity index (χ1n) is 5.98. The maximum Gasteiger partial charge on any atom is 0.126 e. The maximum absolute atomic E-state index is 5.35. The Morgan fingerprint density at radius 2 is 1.61 bits per heavy atom. The number of nitrogen functional groups attached to an aromatic ring is 1. The molecule has 0 aliphatic rings. The summed E-state index contributed by atoms with van der Waals surface area (Å²) in [6.07, 6.45) is 0. The lowest BCUT2D eigenvalue weighted by molar-refractivity contribution is 1.12. The monoisotopic (exact) mass is 244 g/mol. The van der Waals surface area contributed by atoms with Gasteiger partial charge in [-0.05, 0) is 45.0 Å². The second-order valence-electron chi connectivity index (χ2n) is 3.90. The molecule has 4 nitrogen and oxygen atoms in total. The summed E-state index contributed by atoms with van der Waals surface area (Å²) in [5.41, 5.74) is 7.36. The SMILES string of the molecule is CCNc1cccc(C)n1.Cc1cccc(N)n1. The molecule has 0 unspecified atom stereocenters. The molecule has 0 amide bonds. The number of nitrogens with one attached hydrogen (secondary N) is 1. The van der Waals surface area contributed by atoms with Crippen molar-refractivity contribution in [3.05, 3.63) is 47.8 Å². The van der Waals surface area contributed by atoms with E-state index in [4.69, 9.17) is 5.73 Å². The summed E-state index contributed by atoms with van der Waals surface area (Å²) in [6, 6.07) is 11.5. The number of anilines is 2. The van der Waals surface area contributed by atoms with Crippen molar-refractivity contribution in [2.75, 3.05) is 17.6 Å². The van der Waals surface area contributed by atoms with Crippen LogP contribution in [0, 0.1) is 13.8 Å². The van der Waals surface area contributed by atoms with Crippen LogP contribution in [0.15, 0.2) is 36.4 Å². The van der Waals surface area contributed by atoms with Crippen LogP contribution in [-0.2, 0) is 0 Å². The van der Waals surface area contributed by atoms with Crippen molar-refractivity contribution in [3.63, 3.8) is 0 Å². The Labute approximate surface area is 108 Å². The van der Waals surface area contributed by atoms with Gasteiger partial charge in [-0.2, -0.15) is 0 Å². The lowest BCUT2D eigenvalue weighted by Crippen LogP contribution is -1.98. The molecule has 2 aromatic heterocycles. The third-order valence-electron chi connectivity index (χ3n) is 2.16. The third-order valence-corrected chi connectivity index (χ3v) is 2.16. The number of aromatic nitrogens is 2. The number of hydrogen-bond acceptors (Lipinski definition) is 4. The fraction of sp³-hybridized carbons (Fsp3) is 0.286. The maximum atomic E-state index is 5.35. The van der Waals surface area contributed by atoms with Gasteiger partial charge in [-0.25, -0.2) is 9.97 Å². The van der Waals surface area contributed by atoms with Crippen LogP contribution >= 0.6 is 0 Å². The molecule has 0 saturated heterocycles. The van der Waals surface area contributed by atoms with E-state index in [9.17, 15) is 0 Å². The first-order valence-corrected chi connectivity index (χ1v) is 5.98. The van der Waals surface area contributed by atoms with Crippen LogP contribution in [0.25, 0.3) is 0 Å². The molecule has 18 heavy (non-hydrogen) atoms. The highest BCUT2D eigenvalue weighted by molar-refractivity contribution is 5.34. The van der Waals surface area contributed by atoms with E-state index in [-0.39, 0.29) is 0 Å². The topological polar surface area (TPSA) is 63.8 Å². The molecule has 0 aromatic carbocycles. The van der Waals surface area contributed by atoms with E-state index < -0.39 is 0 Å². The van der Waals surface area contributed by atoms with Crippen LogP contribution < -0.4 is 11.1 Å². The summed E-state index contributed by atoms with van der Waals surface area (Å²) in [5.74, 6) is 1.55. The minimum atomic E-state index is 0.588. The van der Waals surface area contributed by atoms with E-state index in [1.54, 1.807) is 6.07 Å². The van der Waals surface area contributed by atoms with Gasteiger partial charge in [0, 0.05) is 17.9 Å². The Morgan fingerprint density at radius 3 is 2.06 bits per heavy atom. The summed E-state index contributed by atoms with van der Waals surface area (Å²) >= 11 is 0. The first kappa shape index (κ1) is 14.0. The Kier molecular flexibility index (Phi) is 5.64. The molecule has 2 heterocycles. The van der Waals surface area contributed by atoms with Gasteiger partial charge in [0.25, 0.3) is 0 Å². The van der Waals surface area contributed by atoms with Gasteiger partial charge in [-0.3, -0.25) is 0 Å². The second kappa shape index (κ2) is 7.27. The van der Waals surface area contributed by atoms with Crippen LogP contribution in [0.1, 0.15) is 18.3 Å². The molecular formula is C14H20N4. The third kappa shape index (κ3) is 5.30. The Morgan fingerprint density at radius 1 is 1.00 bits per heavy atom. The minimum Gasteiger partial charge on any atom is -0.384 e. The molecular weight excluding hydrogens is 224 g/mol. The van der Waals surface area contributed by atoms with Crippen LogP contribution in [0.4, 0.5) is 11.6 Å². The molecule has 0 radical (unpaired) electrons. The summed E-state index contributed by atoms with van der Waals surface area (Å²) in [4.78, 5) is 8.20. The number of nitrogens with two attached hydrogens (primary N) is 1. The van der Waals surface area contributed by atoms with Crippen molar-refractivity contribution < 1.29 is 0 Å². The number of hydrogen-bond donors (Lipinski definition) is 2. The van der Waals surface area contributed by atoms with Crippen LogP contribution in [0.3, 0.4) is 0 Å². The van der Waals surface area contributed by atoms with Gasteiger partial charge >= 0.3 is 0 Å². The van der Waals surface area contributed by atoms with Crippen LogP contribution in [0.2, 0.25) is 0 Å². The van der Waals surface area contributed by atoms with Gasteiger partial charge < -0.3 is 11.1 Å². The number of aryl methyl sites for hydroxylation is 2. The predicted molar refractivity (Wildman–Crippen MR) is 76.5 cm³/mol. The van der Waals surface area contributed by atoms with E-state index in [0.29, 0.717) is 5.82 Å². The standard InChI is InChI=1S/C8H12N2.C6H8N2/c1-3-9-8-6-4-5-7(2)10-8;1-5-3-2-4-6(7)8-5/h4-6H,3H2,1-2H3,(H,9,10);2-4H,1H3,(H2,7,8). The van der Waals surface area contributed by atoms with E-state index in [1.165, 1.54) is 0 Å². The van der Waals surface area contributed by atoms with Gasteiger partial charge in [-0.1, -0.05) is 12.1 Å². The highest BCUT2D eigenvalue weighted by Crippen LogP contribution is 2.02. The predicted octanol–water partition coefficient (Wildman–Crippen LogP) is 2.79. The average Bonchev–Trinajstić information content (AvgIpc) is 2.30. The Bertz CT molecular complexity index is 465. The summed E-state index contributed by atoms with van der Waals surface area (Å²) < 4.78 is 0. The van der Waals surface area contributed by atoms with Crippen molar-refractivity contribution in [1.29, 1.82) is 0 Å². The van der Waals surface area contributed by atoms with Crippen LogP contribution in [-0.4, -0.2) is 16.5 Å². The first-order chi connectivity index (χ1) is 8.61. The largest absolute Gasteiger partial charge is 0.384 e. The zero-order valence-electron chi connectivity index (χ0n) is 11.1. The Balaban J connectivity index is 0.000000184. The normalized spacial score (nSPS) is 9.28. The number of nitrogens with zero attached hydrogens (tertiary/aromatic N) is 2. The van der Waals surface area contributed by atoms with Crippen molar-refractivity contribution in [2.45, 2.75) is 20.8 Å². The second-order valence-corrected chi connectivity index (χ2v) is 3.90. The van der Waals surface area contributed by atoms with Crippen molar-refractivity contribution >= 4 is 11.6 Å². The molecule has 96 valence electrons. The van der Waals surface area contributed by atoms with E-state index >= 15 is 0 Å². The number of pyridine rings is 2. The fourth-order valence-corrected chi connectivity index (χ4v) is 1.39. The smallest absolute Gasteiger partial charge is 0.126 e. The van der Waals surface area contributed by atoms with Crippen LogP contribution in [0.5, 0.6) is 0 Å². The van der Waals surface area contributed by atoms with Gasteiger partial charge in [0.15, 0.2) is 0 Å². The van der Waals surface area contributed by atoms with Gasteiger partial charge in [0.05, 0.1) is 0 Å². The van der Waals surface area contributed by atoms with Gasteiger partial charge in [0.2, 0.25) is 0 Å². The van der Waals surface area contributed by atoms with Crippen molar-refractivity contribution in [3.8, 4) is 0 Å². The minimum absolute atomic E-state index is 0.588. The van der Waals surface area contributed by atoms with Gasteiger partial charge in [0.1, 0.15) is 11.6 Å².